The minimum Gasteiger partial charge on any atom is -0.497 e. The normalized spacial score (nSPS) is 11.5. The second kappa shape index (κ2) is 6.31. The highest BCUT2D eigenvalue weighted by Gasteiger charge is 2.19. The number of rotatable bonds is 6. The Morgan fingerprint density at radius 2 is 2.05 bits per heavy atom. The van der Waals surface area contributed by atoms with Gasteiger partial charge in [-0.15, -0.1) is 0 Å². The first kappa shape index (κ1) is 14.9. The van der Waals surface area contributed by atoms with Crippen LogP contribution in [0.1, 0.15) is 5.69 Å². The molecular formula is C13H15N3O4S. The van der Waals surface area contributed by atoms with Gasteiger partial charge < -0.3 is 14.5 Å². The molecule has 1 heterocycles. The Hall–Kier alpha value is -2.48. The second-order valence-electron chi connectivity index (χ2n) is 4.00. The number of hydrazone groups is 1. The molecule has 2 aromatic rings. The molecule has 112 valence electrons. The zero-order chi connectivity index (χ0) is 15.3. The Morgan fingerprint density at radius 1 is 1.24 bits per heavy atom. The van der Waals surface area contributed by atoms with Crippen molar-refractivity contribution in [1.29, 1.82) is 0 Å². The van der Waals surface area contributed by atoms with Crippen LogP contribution in [0.25, 0.3) is 0 Å². The molecule has 0 unspecified atom stereocenters. The van der Waals surface area contributed by atoms with Gasteiger partial charge in [-0.3, -0.25) is 0 Å². The summed E-state index contributed by atoms with van der Waals surface area (Å²) in [4.78, 5) is 4.95. The lowest BCUT2D eigenvalue weighted by molar-refractivity contribution is 0.392. The van der Waals surface area contributed by atoms with Gasteiger partial charge in [0, 0.05) is 12.3 Å². The Bertz CT molecular complexity index is 724. The van der Waals surface area contributed by atoms with Crippen molar-refractivity contribution in [3.05, 3.63) is 42.2 Å². The van der Waals surface area contributed by atoms with Crippen LogP contribution in [-0.2, 0) is 10.0 Å². The Labute approximate surface area is 122 Å². The maximum Gasteiger partial charge on any atom is 0.280 e. The van der Waals surface area contributed by atoms with Crippen LogP contribution in [-0.4, -0.2) is 33.8 Å². The topological polar surface area (TPSA) is 92.8 Å². The molecule has 0 saturated carbocycles. The summed E-state index contributed by atoms with van der Waals surface area (Å²) in [7, 11) is -1.01. The molecule has 0 aliphatic heterocycles. The predicted molar refractivity (Wildman–Crippen MR) is 78.3 cm³/mol. The van der Waals surface area contributed by atoms with E-state index >= 15 is 0 Å². The fourth-order valence-electron chi connectivity index (χ4n) is 1.63. The van der Waals surface area contributed by atoms with Gasteiger partial charge in [-0.1, -0.05) is 0 Å². The summed E-state index contributed by atoms with van der Waals surface area (Å²) in [6.45, 7) is 0. The van der Waals surface area contributed by atoms with E-state index in [1.165, 1.54) is 32.6 Å². The highest BCUT2D eigenvalue weighted by molar-refractivity contribution is 7.89. The van der Waals surface area contributed by atoms with Crippen molar-refractivity contribution in [2.45, 2.75) is 4.90 Å². The van der Waals surface area contributed by atoms with E-state index in [0.717, 1.165) is 0 Å². The van der Waals surface area contributed by atoms with Crippen molar-refractivity contribution in [2.75, 3.05) is 14.2 Å². The molecule has 0 atom stereocenters. The van der Waals surface area contributed by atoms with Crippen LogP contribution in [0, 0.1) is 0 Å². The quantitative estimate of drug-likeness (QED) is 0.622. The number of hydrogen-bond acceptors (Lipinski definition) is 5. The molecule has 0 saturated heterocycles. The lowest BCUT2D eigenvalue weighted by Crippen LogP contribution is -2.19. The summed E-state index contributed by atoms with van der Waals surface area (Å²) in [5.74, 6) is 0.614. The van der Waals surface area contributed by atoms with Crippen LogP contribution in [0.3, 0.4) is 0 Å². The lowest BCUT2D eigenvalue weighted by atomic mass is 10.3. The molecule has 0 spiro atoms. The number of sulfonamides is 1. The molecule has 2 N–H and O–H groups in total. The van der Waals surface area contributed by atoms with E-state index in [9.17, 15) is 8.42 Å². The largest absolute Gasteiger partial charge is 0.497 e. The van der Waals surface area contributed by atoms with E-state index in [1.54, 1.807) is 24.4 Å². The highest BCUT2D eigenvalue weighted by Crippen LogP contribution is 2.27. The Balaban J connectivity index is 2.26. The molecule has 0 amide bonds. The molecule has 0 aliphatic rings. The zero-order valence-corrected chi connectivity index (χ0v) is 12.3. The molecular weight excluding hydrogens is 294 g/mol. The monoisotopic (exact) mass is 309 g/mol. The second-order valence-corrected chi connectivity index (χ2v) is 5.62. The summed E-state index contributed by atoms with van der Waals surface area (Å²) in [5.41, 5.74) is 0.676. The maximum absolute atomic E-state index is 12.2. The maximum atomic E-state index is 12.2. The zero-order valence-electron chi connectivity index (χ0n) is 11.5. The average Bonchev–Trinajstić information content (AvgIpc) is 2.99. The molecule has 0 radical (unpaired) electrons. The summed E-state index contributed by atoms with van der Waals surface area (Å²) >= 11 is 0. The van der Waals surface area contributed by atoms with Gasteiger partial charge in [-0.25, -0.2) is 0 Å². The minimum absolute atomic E-state index is 0.0482. The first-order valence-corrected chi connectivity index (χ1v) is 7.45. The van der Waals surface area contributed by atoms with Gasteiger partial charge in [-0.05, 0) is 24.3 Å². The molecule has 1 aromatic heterocycles. The third-order valence-electron chi connectivity index (χ3n) is 2.66. The van der Waals surface area contributed by atoms with Crippen molar-refractivity contribution in [3.8, 4) is 11.5 Å². The third kappa shape index (κ3) is 3.54. The highest BCUT2D eigenvalue weighted by atomic mass is 32.2. The number of nitrogens with one attached hydrogen (secondary N) is 2. The van der Waals surface area contributed by atoms with Crippen LogP contribution in [0.5, 0.6) is 11.5 Å². The minimum atomic E-state index is -3.86. The van der Waals surface area contributed by atoms with Crippen LogP contribution in [0.4, 0.5) is 0 Å². The average molecular weight is 309 g/mol. The van der Waals surface area contributed by atoms with E-state index in [0.29, 0.717) is 11.4 Å². The van der Waals surface area contributed by atoms with Gasteiger partial charge in [-0.2, -0.15) is 18.4 Å². The number of nitrogens with zero attached hydrogens (tertiary/aromatic N) is 1. The van der Waals surface area contributed by atoms with Gasteiger partial charge in [0.05, 0.1) is 26.1 Å². The van der Waals surface area contributed by atoms with Gasteiger partial charge in [0.25, 0.3) is 10.0 Å². The third-order valence-corrected chi connectivity index (χ3v) is 3.90. The van der Waals surface area contributed by atoms with Crippen molar-refractivity contribution in [2.24, 2.45) is 5.10 Å². The molecule has 0 fully saturated rings. The first-order chi connectivity index (χ1) is 10.1. The number of hydrogen-bond donors (Lipinski definition) is 2. The van der Waals surface area contributed by atoms with E-state index in [2.05, 4.69) is 14.9 Å². The fraction of sp³-hybridized carbons (Fsp3) is 0.154. The Kier molecular flexibility index (Phi) is 4.49. The number of methoxy groups -OCH3 is 2. The van der Waals surface area contributed by atoms with Crippen LogP contribution < -0.4 is 14.3 Å². The van der Waals surface area contributed by atoms with Crippen molar-refractivity contribution in [3.63, 3.8) is 0 Å². The van der Waals surface area contributed by atoms with E-state index in [1.807, 2.05) is 0 Å². The number of ether oxygens (including phenoxy) is 2. The lowest BCUT2D eigenvalue weighted by Gasteiger charge is -2.10. The van der Waals surface area contributed by atoms with E-state index in [-0.39, 0.29) is 10.6 Å². The standard InChI is InChI=1S/C13H15N3O4S/c1-19-11-5-6-12(20-2)13(8-11)21(17,18)16-15-9-10-4-3-7-14-10/h3-9,14,16H,1-2H3/b15-9-. The van der Waals surface area contributed by atoms with Crippen molar-refractivity contribution >= 4 is 16.2 Å². The van der Waals surface area contributed by atoms with Crippen LogP contribution >= 0.6 is 0 Å². The smallest absolute Gasteiger partial charge is 0.280 e. The van der Waals surface area contributed by atoms with Gasteiger partial charge >= 0.3 is 0 Å². The van der Waals surface area contributed by atoms with Gasteiger partial charge in [0.2, 0.25) is 0 Å². The molecule has 21 heavy (non-hydrogen) atoms. The summed E-state index contributed by atoms with van der Waals surface area (Å²) in [6, 6.07) is 8.03. The molecule has 0 bridgehead atoms. The van der Waals surface area contributed by atoms with E-state index < -0.39 is 10.0 Å². The summed E-state index contributed by atoms with van der Waals surface area (Å²) in [5, 5.41) is 3.70. The summed E-state index contributed by atoms with van der Waals surface area (Å²) in [6.07, 6.45) is 3.07. The SMILES string of the molecule is COc1ccc(OC)c(S(=O)(=O)N/N=C\c2ccc[nH]2)c1. The van der Waals surface area contributed by atoms with Crippen LogP contribution in [0.15, 0.2) is 46.5 Å². The van der Waals surface area contributed by atoms with Gasteiger partial charge in [0.1, 0.15) is 16.4 Å². The number of aromatic amines is 1. The Morgan fingerprint density at radius 3 is 2.67 bits per heavy atom. The molecule has 8 heteroatoms. The number of benzene rings is 1. The molecule has 0 aliphatic carbocycles. The number of aromatic nitrogens is 1. The predicted octanol–water partition coefficient (Wildman–Crippen LogP) is 1.34. The fourth-order valence-corrected chi connectivity index (χ4v) is 2.61. The van der Waals surface area contributed by atoms with Gasteiger partial charge in [0.15, 0.2) is 0 Å². The molecule has 1 aromatic carbocycles. The van der Waals surface area contributed by atoms with E-state index in [4.69, 9.17) is 9.47 Å². The number of H-pyrrole nitrogens is 1. The van der Waals surface area contributed by atoms with Crippen LogP contribution in [0.2, 0.25) is 0 Å². The van der Waals surface area contributed by atoms with Crippen molar-refractivity contribution < 1.29 is 17.9 Å². The summed E-state index contributed by atoms with van der Waals surface area (Å²) < 4.78 is 34.5. The first-order valence-electron chi connectivity index (χ1n) is 5.97. The molecule has 7 nitrogen and oxygen atoms in total. The molecule has 2 rings (SSSR count). The van der Waals surface area contributed by atoms with Crippen molar-refractivity contribution in [1.82, 2.24) is 9.82 Å².